The average molecular weight is 368 g/mol. The van der Waals surface area contributed by atoms with E-state index in [9.17, 15) is 14.4 Å². The number of carbonyl (C=O) groups is 3. The third-order valence-corrected chi connectivity index (χ3v) is 5.41. The van der Waals surface area contributed by atoms with E-state index in [-0.39, 0.29) is 5.78 Å². The zero-order valence-electron chi connectivity index (χ0n) is 15.6. The summed E-state index contributed by atoms with van der Waals surface area (Å²) in [6.45, 7) is 2.07. The maximum Gasteiger partial charge on any atom is 0.181 e. The van der Waals surface area contributed by atoms with Crippen molar-refractivity contribution in [3.8, 4) is 0 Å². The highest BCUT2D eigenvalue weighted by molar-refractivity contribution is 6.36. The van der Waals surface area contributed by atoms with Crippen molar-refractivity contribution in [1.29, 1.82) is 0 Å². The summed E-state index contributed by atoms with van der Waals surface area (Å²) in [5.74, 6) is -3.07. The van der Waals surface area contributed by atoms with Crippen molar-refractivity contribution in [3.63, 3.8) is 0 Å². The molecule has 0 aromatic heterocycles. The van der Waals surface area contributed by atoms with Crippen LogP contribution in [0, 0.1) is 5.92 Å². The molecular formula is C25H20O3. The third kappa shape index (κ3) is 2.99. The quantitative estimate of drug-likeness (QED) is 0.616. The van der Waals surface area contributed by atoms with Crippen LogP contribution in [0.25, 0.3) is 0 Å². The monoisotopic (exact) mass is 368 g/mol. The molecule has 1 atom stereocenters. The highest BCUT2D eigenvalue weighted by atomic mass is 16.2. The van der Waals surface area contributed by atoms with Crippen LogP contribution in [0.15, 0.2) is 78.9 Å². The molecule has 0 saturated carbocycles. The molecule has 0 heterocycles. The second-order valence-corrected chi connectivity index (χ2v) is 7.05. The highest BCUT2D eigenvalue weighted by Crippen LogP contribution is 2.35. The Hall–Kier alpha value is -3.33. The van der Waals surface area contributed by atoms with E-state index in [2.05, 4.69) is 6.92 Å². The fraction of sp³-hybridized carbons (Fsp3) is 0.160. The number of rotatable bonds is 5. The van der Waals surface area contributed by atoms with Gasteiger partial charge in [-0.1, -0.05) is 85.8 Å². The normalized spacial score (nSPS) is 14.8. The van der Waals surface area contributed by atoms with Crippen LogP contribution in [0.5, 0.6) is 0 Å². The van der Waals surface area contributed by atoms with E-state index in [0.717, 1.165) is 17.5 Å². The SMILES string of the molecule is CCc1ccc(C(C(=O)C2C(=O)c3ccccc3C2=O)c2ccccc2)cc1. The lowest BCUT2D eigenvalue weighted by Gasteiger charge is -2.20. The van der Waals surface area contributed by atoms with E-state index in [0.29, 0.717) is 11.1 Å². The molecule has 3 aromatic rings. The standard InChI is InChI=1S/C25H20O3/c1-2-16-12-14-18(15-13-16)21(17-8-4-3-5-9-17)25(28)22-23(26)19-10-6-7-11-20(19)24(22)27/h3-15,21-22H,2H2,1H3. The van der Waals surface area contributed by atoms with Gasteiger partial charge in [-0.15, -0.1) is 0 Å². The number of Topliss-reactive ketones (excluding diaryl/α,β-unsaturated/α-hetero) is 3. The predicted octanol–water partition coefficient (Wildman–Crippen LogP) is 4.65. The maximum atomic E-state index is 13.5. The minimum atomic E-state index is -1.27. The van der Waals surface area contributed by atoms with Crippen molar-refractivity contribution >= 4 is 17.3 Å². The van der Waals surface area contributed by atoms with Crippen molar-refractivity contribution in [2.24, 2.45) is 5.92 Å². The van der Waals surface area contributed by atoms with Crippen LogP contribution in [0.1, 0.15) is 50.2 Å². The van der Waals surface area contributed by atoms with Gasteiger partial charge in [0.05, 0.1) is 5.92 Å². The summed E-state index contributed by atoms with van der Waals surface area (Å²) >= 11 is 0. The Morgan fingerprint density at radius 1 is 0.750 bits per heavy atom. The van der Waals surface area contributed by atoms with Crippen molar-refractivity contribution in [2.45, 2.75) is 19.3 Å². The minimum Gasteiger partial charge on any atom is -0.297 e. The summed E-state index contributed by atoms with van der Waals surface area (Å²) in [5, 5.41) is 0. The van der Waals surface area contributed by atoms with Gasteiger partial charge >= 0.3 is 0 Å². The number of ketones is 3. The van der Waals surface area contributed by atoms with E-state index >= 15 is 0 Å². The third-order valence-electron chi connectivity index (χ3n) is 5.41. The molecule has 0 aliphatic heterocycles. The van der Waals surface area contributed by atoms with Crippen molar-refractivity contribution in [3.05, 3.63) is 107 Å². The summed E-state index contributed by atoms with van der Waals surface area (Å²) in [6, 6.07) is 23.9. The van der Waals surface area contributed by atoms with Gasteiger partial charge in [0, 0.05) is 11.1 Å². The van der Waals surface area contributed by atoms with Crippen LogP contribution >= 0.6 is 0 Å². The first-order valence-corrected chi connectivity index (χ1v) is 9.46. The van der Waals surface area contributed by atoms with Gasteiger partial charge in [0.1, 0.15) is 5.92 Å². The highest BCUT2D eigenvalue weighted by Gasteiger charge is 2.45. The summed E-state index contributed by atoms with van der Waals surface area (Å²) in [7, 11) is 0. The molecule has 1 aliphatic rings. The van der Waals surface area contributed by atoms with E-state index < -0.39 is 23.4 Å². The van der Waals surface area contributed by atoms with Gasteiger partial charge in [-0.2, -0.15) is 0 Å². The lowest BCUT2D eigenvalue weighted by molar-refractivity contribution is -0.120. The van der Waals surface area contributed by atoms with Crippen LogP contribution in [-0.4, -0.2) is 17.3 Å². The molecule has 0 spiro atoms. The molecule has 3 nitrogen and oxygen atoms in total. The fourth-order valence-electron chi connectivity index (χ4n) is 3.88. The fourth-order valence-corrected chi connectivity index (χ4v) is 3.88. The molecular weight excluding hydrogens is 348 g/mol. The Morgan fingerprint density at radius 2 is 1.25 bits per heavy atom. The molecule has 1 aliphatic carbocycles. The van der Waals surface area contributed by atoms with Gasteiger partial charge in [-0.3, -0.25) is 14.4 Å². The van der Waals surface area contributed by atoms with E-state index in [1.165, 1.54) is 5.56 Å². The Labute approximate surface area is 164 Å². The summed E-state index contributed by atoms with van der Waals surface area (Å²) in [6.07, 6.45) is 0.902. The Bertz CT molecular complexity index is 1010. The lowest BCUT2D eigenvalue weighted by atomic mass is 9.80. The van der Waals surface area contributed by atoms with E-state index in [4.69, 9.17) is 0 Å². The number of fused-ring (bicyclic) bond motifs is 1. The Morgan fingerprint density at radius 3 is 1.79 bits per heavy atom. The largest absolute Gasteiger partial charge is 0.297 e. The van der Waals surface area contributed by atoms with Gasteiger partial charge in [0.15, 0.2) is 17.3 Å². The molecule has 3 aromatic carbocycles. The molecule has 138 valence electrons. The molecule has 0 fully saturated rings. The van der Waals surface area contributed by atoms with Gasteiger partial charge in [-0.05, 0) is 23.1 Å². The molecule has 4 rings (SSSR count). The molecule has 0 N–H and O–H groups in total. The second kappa shape index (κ2) is 7.35. The van der Waals surface area contributed by atoms with Gasteiger partial charge < -0.3 is 0 Å². The molecule has 28 heavy (non-hydrogen) atoms. The summed E-state index contributed by atoms with van der Waals surface area (Å²) in [4.78, 5) is 39.3. The van der Waals surface area contributed by atoms with Gasteiger partial charge in [0.2, 0.25) is 0 Å². The number of hydrogen-bond donors (Lipinski definition) is 0. The zero-order chi connectivity index (χ0) is 19.7. The van der Waals surface area contributed by atoms with Gasteiger partial charge in [-0.25, -0.2) is 0 Å². The average Bonchev–Trinajstić information content (AvgIpc) is 3.00. The van der Waals surface area contributed by atoms with E-state index in [1.54, 1.807) is 24.3 Å². The van der Waals surface area contributed by atoms with Crippen molar-refractivity contribution in [1.82, 2.24) is 0 Å². The molecule has 1 unspecified atom stereocenters. The van der Waals surface area contributed by atoms with Gasteiger partial charge in [0.25, 0.3) is 0 Å². The lowest BCUT2D eigenvalue weighted by Crippen LogP contribution is -2.31. The Balaban J connectivity index is 1.78. The summed E-state index contributed by atoms with van der Waals surface area (Å²) in [5.41, 5.74) is 3.44. The first kappa shape index (κ1) is 18.1. The Kier molecular flexibility index (Phi) is 4.74. The topological polar surface area (TPSA) is 51.2 Å². The predicted molar refractivity (Wildman–Crippen MR) is 108 cm³/mol. The first-order chi connectivity index (χ1) is 13.6. The zero-order valence-corrected chi connectivity index (χ0v) is 15.6. The first-order valence-electron chi connectivity index (χ1n) is 9.46. The molecule has 0 bridgehead atoms. The second-order valence-electron chi connectivity index (χ2n) is 7.05. The summed E-state index contributed by atoms with van der Waals surface area (Å²) < 4.78 is 0. The van der Waals surface area contributed by atoms with Crippen molar-refractivity contribution < 1.29 is 14.4 Å². The van der Waals surface area contributed by atoms with Crippen LogP contribution in [0.3, 0.4) is 0 Å². The molecule has 0 radical (unpaired) electrons. The number of carbonyl (C=O) groups excluding carboxylic acids is 3. The van der Waals surface area contributed by atoms with Crippen LogP contribution in [0.4, 0.5) is 0 Å². The molecule has 0 saturated heterocycles. The number of hydrogen-bond acceptors (Lipinski definition) is 3. The smallest absolute Gasteiger partial charge is 0.181 e. The maximum absolute atomic E-state index is 13.5. The molecule has 3 heteroatoms. The number of benzene rings is 3. The molecule has 0 amide bonds. The van der Waals surface area contributed by atoms with Crippen LogP contribution in [-0.2, 0) is 11.2 Å². The number of aryl methyl sites for hydroxylation is 1. The van der Waals surface area contributed by atoms with Crippen molar-refractivity contribution in [2.75, 3.05) is 0 Å². The van der Waals surface area contributed by atoms with Crippen LogP contribution in [0.2, 0.25) is 0 Å². The van der Waals surface area contributed by atoms with E-state index in [1.807, 2.05) is 54.6 Å². The minimum absolute atomic E-state index is 0.346. The van der Waals surface area contributed by atoms with Crippen LogP contribution < -0.4 is 0 Å².